The van der Waals surface area contributed by atoms with E-state index >= 15 is 0 Å². The van der Waals surface area contributed by atoms with Crippen LogP contribution in [0.3, 0.4) is 0 Å². The third-order valence-electron chi connectivity index (χ3n) is 10.4. The lowest BCUT2D eigenvalue weighted by Crippen LogP contribution is -2.47. The van der Waals surface area contributed by atoms with Crippen molar-refractivity contribution in [3.05, 3.63) is 24.3 Å². The Labute approximate surface area is 294 Å². The zero-order chi connectivity index (χ0) is 33.9. The summed E-state index contributed by atoms with van der Waals surface area (Å²) in [6.45, 7) is 8.70. The van der Waals surface area contributed by atoms with Gasteiger partial charge in [0.25, 0.3) is 0 Å². The van der Waals surface area contributed by atoms with Gasteiger partial charge in [-0.15, -0.1) is 0 Å². The van der Waals surface area contributed by atoms with E-state index in [1.54, 1.807) is 0 Å². The topological polar surface area (TPSA) is 52.9 Å². The first kappa shape index (κ1) is 44.3. The van der Waals surface area contributed by atoms with Crippen molar-refractivity contribution in [2.45, 2.75) is 212 Å². The molecular weight excluding hydrogens is 578 g/mol. The highest BCUT2D eigenvalue weighted by molar-refractivity contribution is 4.83. The van der Waals surface area contributed by atoms with Gasteiger partial charge < -0.3 is 14.9 Å². The lowest BCUT2D eigenvalue weighted by Gasteiger charge is -2.37. The second kappa shape index (κ2) is 33.8. The number of ether oxygens (including phenoxy) is 1. The molecule has 2 N–H and O–H groups in total. The van der Waals surface area contributed by atoms with E-state index in [0.29, 0.717) is 6.42 Å². The third kappa shape index (κ3) is 28.8. The Hall–Kier alpha value is -0.680. The van der Waals surface area contributed by atoms with Gasteiger partial charge in [0, 0.05) is 32.0 Å². The van der Waals surface area contributed by atoms with E-state index in [9.17, 15) is 10.2 Å². The molecule has 1 heterocycles. The fourth-order valence-electron chi connectivity index (χ4n) is 7.04. The maximum absolute atomic E-state index is 11.2. The zero-order valence-electron chi connectivity index (χ0n) is 31.9. The minimum absolute atomic E-state index is 0.0690. The van der Waals surface area contributed by atoms with Gasteiger partial charge in [0.15, 0.2) is 5.79 Å². The van der Waals surface area contributed by atoms with Gasteiger partial charge in [0.05, 0.1) is 13.2 Å². The molecule has 1 atom stereocenters. The first-order valence-electron chi connectivity index (χ1n) is 21.1. The van der Waals surface area contributed by atoms with E-state index in [1.807, 2.05) is 0 Å². The van der Waals surface area contributed by atoms with E-state index in [-0.39, 0.29) is 5.92 Å². The third-order valence-corrected chi connectivity index (χ3v) is 10.4. The molecule has 1 saturated heterocycles. The van der Waals surface area contributed by atoms with Gasteiger partial charge in [0.2, 0.25) is 0 Å². The Balaban J connectivity index is 2.14. The molecule has 278 valence electrons. The number of morpholine rings is 1. The molecule has 0 aliphatic carbocycles. The van der Waals surface area contributed by atoms with Gasteiger partial charge in [-0.1, -0.05) is 160 Å². The normalized spacial score (nSPS) is 15.4. The quantitative estimate of drug-likeness (QED) is 0.0403. The Bertz CT molecular complexity index is 685. The van der Waals surface area contributed by atoms with E-state index in [2.05, 4.69) is 43.1 Å². The van der Waals surface area contributed by atoms with E-state index < -0.39 is 5.79 Å². The highest BCUT2D eigenvalue weighted by Crippen LogP contribution is 2.28. The fourth-order valence-corrected chi connectivity index (χ4v) is 7.04. The molecule has 0 spiro atoms. The number of allylic oxidation sites excluding steroid dienone is 4. The SMILES string of the molecule is CCCCCCCCC=CCCCCCCCCC(CN1CCOCC1)C(O)(O)CCCCCCCCC=CCCCCCCCC. The van der Waals surface area contributed by atoms with Crippen molar-refractivity contribution >= 4 is 0 Å². The molecular formula is C43H83NO3. The number of hydrogen-bond acceptors (Lipinski definition) is 4. The molecule has 1 unspecified atom stereocenters. The molecule has 0 radical (unpaired) electrons. The van der Waals surface area contributed by atoms with Crippen molar-refractivity contribution in [3.8, 4) is 0 Å². The first-order chi connectivity index (χ1) is 23.1. The molecule has 0 aromatic carbocycles. The lowest BCUT2D eigenvalue weighted by molar-refractivity contribution is -0.212. The molecule has 0 saturated carbocycles. The van der Waals surface area contributed by atoms with Crippen LogP contribution in [-0.2, 0) is 4.74 Å². The molecule has 1 aliphatic heterocycles. The molecule has 1 aliphatic rings. The van der Waals surface area contributed by atoms with Crippen LogP contribution in [0.4, 0.5) is 0 Å². The van der Waals surface area contributed by atoms with Crippen molar-refractivity contribution in [1.82, 2.24) is 4.90 Å². The average Bonchev–Trinajstić information content (AvgIpc) is 3.07. The number of rotatable bonds is 35. The van der Waals surface area contributed by atoms with Crippen LogP contribution in [0.1, 0.15) is 206 Å². The van der Waals surface area contributed by atoms with Gasteiger partial charge in [-0.05, 0) is 64.2 Å². The molecule has 4 heteroatoms. The average molecular weight is 662 g/mol. The van der Waals surface area contributed by atoms with Crippen LogP contribution in [-0.4, -0.2) is 53.7 Å². The Morgan fingerprint density at radius 1 is 0.511 bits per heavy atom. The summed E-state index contributed by atoms with van der Waals surface area (Å²) < 4.78 is 5.55. The summed E-state index contributed by atoms with van der Waals surface area (Å²) in [5.41, 5.74) is 0. The molecule has 1 fully saturated rings. The summed E-state index contributed by atoms with van der Waals surface area (Å²) in [4.78, 5) is 2.39. The second-order valence-corrected chi connectivity index (χ2v) is 14.9. The molecule has 0 aromatic rings. The van der Waals surface area contributed by atoms with Gasteiger partial charge >= 0.3 is 0 Å². The van der Waals surface area contributed by atoms with E-state index in [4.69, 9.17) is 4.74 Å². The summed E-state index contributed by atoms with van der Waals surface area (Å²) in [7, 11) is 0. The van der Waals surface area contributed by atoms with Gasteiger partial charge in [-0.25, -0.2) is 0 Å². The van der Waals surface area contributed by atoms with Crippen molar-refractivity contribution in [3.63, 3.8) is 0 Å². The highest BCUT2D eigenvalue weighted by Gasteiger charge is 2.35. The van der Waals surface area contributed by atoms with Crippen molar-refractivity contribution in [2.24, 2.45) is 5.92 Å². The van der Waals surface area contributed by atoms with Crippen LogP contribution in [0.2, 0.25) is 0 Å². The number of aliphatic hydroxyl groups is 2. The molecule has 4 nitrogen and oxygen atoms in total. The van der Waals surface area contributed by atoms with Crippen molar-refractivity contribution in [1.29, 1.82) is 0 Å². The Morgan fingerprint density at radius 3 is 1.30 bits per heavy atom. The van der Waals surface area contributed by atoms with Crippen LogP contribution in [0, 0.1) is 5.92 Å². The molecule has 0 aromatic heterocycles. The number of hydrogen-bond donors (Lipinski definition) is 2. The fraction of sp³-hybridized carbons (Fsp3) is 0.907. The minimum Gasteiger partial charge on any atom is -0.379 e. The monoisotopic (exact) mass is 662 g/mol. The summed E-state index contributed by atoms with van der Waals surface area (Å²) in [6, 6.07) is 0. The molecule has 1 rings (SSSR count). The molecule has 0 bridgehead atoms. The largest absolute Gasteiger partial charge is 0.379 e. The van der Waals surface area contributed by atoms with Crippen LogP contribution >= 0.6 is 0 Å². The number of unbranched alkanes of at least 4 members (excludes halogenated alkanes) is 24. The smallest absolute Gasteiger partial charge is 0.166 e. The van der Waals surface area contributed by atoms with Crippen LogP contribution < -0.4 is 0 Å². The van der Waals surface area contributed by atoms with E-state index in [1.165, 1.54) is 161 Å². The summed E-state index contributed by atoms with van der Waals surface area (Å²) >= 11 is 0. The van der Waals surface area contributed by atoms with Gasteiger partial charge in [0.1, 0.15) is 0 Å². The Kier molecular flexibility index (Phi) is 31.9. The first-order valence-corrected chi connectivity index (χ1v) is 21.1. The van der Waals surface area contributed by atoms with Crippen molar-refractivity contribution < 1.29 is 14.9 Å². The van der Waals surface area contributed by atoms with Crippen molar-refractivity contribution in [2.75, 3.05) is 32.8 Å². The van der Waals surface area contributed by atoms with E-state index in [0.717, 1.165) is 58.5 Å². The van der Waals surface area contributed by atoms with Gasteiger partial charge in [-0.3, -0.25) is 4.90 Å². The molecule has 47 heavy (non-hydrogen) atoms. The summed E-state index contributed by atoms with van der Waals surface area (Å²) in [6.07, 6.45) is 47.1. The maximum atomic E-state index is 11.2. The van der Waals surface area contributed by atoms with Gasteiger partial charge in [-0.2, -0.15) is 0 Å². The summed E-state index contributed by atoms with van der Waals surface area (Å²) in [5.74, 6) is -1.62. The van der Waals surface area contributed by atoms with Crippen LogP contribution in [0.25, 0.3) is 0 Å². The van der Waals surface area contributed by atoms with Crippen LogP contribution in [0.5, 0.6) is 0 Å². The second-order valence-electron chi connectivity index (χ2n) is 14.9. The predicted octanol–water partition coefficient (Wildman–Crippen LogP) is 12.5. The summed E-state index contributed by atoms with van der Waals surface area (Å²) in [5, 5.41) is 22.5. The standard InChI is InChI=1S/C43H83NO3/c1-3-5-7-9-11-13-15-17-19-21-23-25-27-29-31-33-35-42(41-44-37-39-47-40-38-44)43(45,46)36-34-32-30-28-26-24-22-20-18-16-14-12-10-8-6-4-2/h17-20,42,45-46H,3-16,21-41H2,1-2H3. The lowest BCUT2D eigenvalue weighted by atomic mass is 9.87. The molecule has 0 amide bonds. The highest BCUT2D eigenvalue weighted by atomic mass is 16.5. The van der Waals surface area contributed by atoms with Crippen LogP contribution in [0.15, 0.2) is 24.3 Å². The predicted molar refractivity (Wildman–Crippen MR) is 206 cm³/mol. The zero-order valence-corrected chi connectivity index (χ0v) is 31.9. The Morgan fingerprint density at radius 2 is 0.872 bits per heavy atom. The number of nitrogens with zero attached hydrogens (tertiary/aromatic N) is 1. The minimum atomic E-state index is -1.55. The maximum Gasteiger partial charge on any atom is 0.166 e.